The predicted octanol–water partition coefficient (Wildman–Crippen LogP) is 3.70. The monoisotopic (exact) mass is 232 g/mol. The van der Waals surface area contributed by atoms with Crippen molar-refractivity contribution in [3.63, 3.8) is 0 Å². The maximum atomic E-state index is 9.94. The van der Waals surface area contributed by atoms with Crippen LogP contribution in [0.1, 0.15) is 47.0 Å². The smallest absolute Gasteiger partial charge is 0.115 e. The third kappa shape index (κ3) is 4.79. The molecule has 1 nitrogen and oxygen atoms in total. The Labute approximate surface area is 106 Å². The highest BCUT2D eigenvalue weighted by atomic mass is 16.3. The molecule has 0 aromatic rings. The summed E-state index contributed by atoms with van der Waals surface area (Å²) in [5.41, 5.74) is 1.18. The zero-order chi connectivity index (χ0) is 13.1. The van der Waals surface area contributed by atoms with Crippen LogP contribution in [-0.4, -0.2) is 11.2 Å². The van der Waals surface area contributed by atoms with Gasteiger partial charge in [0.15, 0.2) is 0 Å². The molecule has 0 heterocycles. The highest BCUT2D eigenvalue weighted by molar-refractivity contribution is 5.25. The average molecular weight is 232 g/mol. The van der Waals surface area contributed by atoms with Gasteiger partial charge in [0.1, 0.15) is 6.10 Å². The Morgan fingerprint density at radius 1 is 1.47 bits per heavy atom. The zero-order valence-electron chi connectivity index (χ0n) is 11.5. The summed E-state index contributed by atoms with van der Waals surface area (Å²) in [5, 5.41) is 9.94. The van der Waals surface area contributed by atoms with Gasteiger partial charge in [-0.25, -0.2) is 0 Å². The minimum absolute atomic E-state index is 0.0604. The van der Waals surface area contributed by atoms with Crippen molar-refractivity contribution < 1.29 is 5.11 Å². The van der Waals surface area contributed by atoms with Gasteiger partial charge in [0.05, 0.1) is 0 Å². The lowest BCUT2D eigenvalue weighted by Gasteiger charge is -2.39. The van der Waals surface area contributed by atoms with Crippen molar-refractivity contribution in [2.75, 3.05) is 0 Å². The summed E-state index contributed by atoms with van der Waals surface area (Å²) in [4.78, 5) is 0. The molecule has 0 bridgehead atoms. The van der Waals surface area contributed by atoms with Crippen LogP contribution in [0.25, 0.3) is 0 Å². The SMILES string of the molecule is C=C(C)C#CC(O)CC1(C)C=CCC(C)(C)C1. The molecule has 17 heavy (non-hydrogen) atoms. The van der Waals surface area contributed by atoms with Gasteiger partial charge in [0.2, 0.25) is 0 Å². The standard InChI is InChI=1S/C16H24O/c1-13(2)7-8-14(17)11-16(5)10-6-9-15(3,4)12-16/h6,10,14,17H,1,9,11-12H2,2-5H3. The van der Waals surface area contributed by atoms with Crippen molar-refractivity contribution in [1.29, 1.82) is 0 Å². The summed E-state index contributed by atoms with van der Waals surface area (Å²) < 4.78 is 0. The van der Waals surface area contributed by atoms with E-state index in [1.54, 1.807) is 0 Å². The second-order valence-corrected chi connectivity index (χ2v) is 6.37. The lowest BCUT2D eigenvalue weighted by Crippen LogP contribution is -2.30. The molecule has 0 saturated carbocycles. The van der Waals surface area contributed by atoms with E-state index in [1.807, 2.05) is 6.92 Å². The van der Waals surface area contributed by atoms with Gasteiger partial charge < -0.3 is 5.11 Å². The molecule has 1 N–H and O–H groups in total. The van der Waals surface area contributed by atoms with E-state index in [0.29, 0.717) is 11.8 Å². The van der Waals surface area contributed by atoms with E-state index in [0.717, 1.165) is 18.4 Å². The number of rotatable bonds is 2. The molecule has 0 saturated heterocycles. The Morgan fingerprint density at radius 3 is 2.65 bits per heavy atom. The van der Waals surface area contributed by atoms with Crippen LogP contribution in [0.2, 0.25) is 0 Å². The molecule has 0 fully saturated rings. The molecule has 2 atom stereocenters. The molecule has 0 radical (unpaired) electrons. The van der Waals surface area contributed by atoms with E-state index < -0.39 is 6.10 Å². The number of aliphatic hydroxyl groups is 1. The van der Waals surface area contributed by atoms with Gasteiger partial charge in [-0.1, -0.05) is 51.3 Å². The Kier molecular flexibility index (Phi) is 4.22. The van der Waals surface area contributed by atoms with Crippen LogP contribution < -0.4 is 0 Å². The largest absolute Gasteiger partial charge is 0.380 e. The highest BCUT2D eigenvalue weighted by Crippen LogP contribution is 2.44. The maximum Gasteiger partial charge on any atom is 0.115 e. The van der Waals surface area contributed by atoms with E-state index in [2.05, 4.69) is 51.3 Å². The van der Waals surface area contributed by atoms with Crippen molar-refractivity contribution in [2.45, 2.75) is 53.1 Å². The van der Waals surface area contributed by atoms with Gasteiger partial charge >= 0.3 is 0 Å². The van der Waals surface area contributed by atoms with Crippen molar-refractivity contribution in [2.24, 2.45) is 10.8 Å². The molecule has 0 aliphatic heterocycles. The Balaban J connectivity index is 2.68. The van der Waals surface area contributed by atoms with E-state index in [4.69, 9.17) is 0 Å². The second-order valence-electron chi connectivity index (χ2n) is 6.37. The molecule has 0 amide bonds. The normalized spacial score (nSPS) is 28.1. The third-order valence-electron chi connectivity index (χ3n) is 3.18. The zero-order valence-corrected chi connectivity index (χ0v) is 11.5. The summed E-state index contributed by atoms with van der Waals surface area (Å²) in [7, 11) is 0. The van der Waals surface area contributed by atoms with Gasteiger partial charge in [0, 0.05) is 0 Å². The van der Waals surface area contributed by atoms with E-state index >= 15 is 0 Å². The maximum absolute atomic E-state index is 9.94. The first-order valence-corrected chi connectivity index (χ1v) is 6.25. The molecule has 0 spiro atoms. The fourth-order valence-electron chi connectivity index (χ4n) is 2.73. The molecule has 1 rings (SSSR count). The van der Waals surface area contributed by atoms with Crippen LogP contribution in [0.15, 0.2) is 24.3 Å². The van der Waals surface area contributed by atoms with Crippen LogP contribution in [0.5, 0.6) is 0 Å². The molecule has 1 aliphatic carbocycles. The van der Waals surface area contributed by atoms with Crippen molar-refractivity contribution in [1.82, 2.24) is 0 Å². The summed E-state index contributed by atoms with van der Waals surface area (Å²) in [5.74, 6) is 5.71. The summed E-state index contributed by atoms with van der Waals surface area (Å²) in [6.45, 7) is 12.3. The molecule has 2 unspecified atom stereocenters. The summed E-state index contributed by atoms with van der Waals surface area (Å²) >= 11 is 0. The van der Waals surface area contributed by atoms with Gasteiger partial charge in [-0.2, -0.15) is 0 Å². The quantitative estimate of drug-likeness (QED) is 0.568. The Morgan fingerprint density at radius 2 is 2.12 bits per heavy atom. The average Bonchev–Trinajstić information content (AvgIpc) is 2.11. The fraction of sp³-hybridized carbons (Fsp3) is 0.625. The molecular formula is C16H24O. The number of hydrogen-bond acceptors (Lipinski definition) is 1. The van der Waals surface area contributed by atoms with E-state index in [9.17, 15) is 5.11 Å². The highest BCUT2D eigenvalue weighted by Gasteiger charge is 2.34. The van der Waals surface area contributed by atoms with E-state index in [1.165, 1.54) is 0 Å². The second kappa shape index (κ2) is 5.10. The first kappa shape index (κ1) is 14.1. The molecule has 0 aromatic carbocycles. The molecule has 1 aliphatic rings. The minimum Gasteiger partial charge on any atom is -0.380 e. The molecule has 0 aromatic heterocycles. The van der Waals surface area contributed by atoms with Crippen LogP contribution in [0.4, 0.5) is 0 Å². The first-order valence-electron chi connectivity index (χ1n) is 6.25. The lowest BCUT2D eigenvalue weighted by molar-refractivity contribution is 0.128. The van der Waals surface area contributed by atoms with Crippen LogP contribution >= 0.6 is 0 Å². The topological polar surface area (TPSA) is 20.2 Å². The molecule has 94 valence electrons. The van der Waals surface area contributed by atoms with Crippen LogP contribution in [0, 0.1) is 22.7 Å². The molecule has 1 heteroatoms. The predicted molar refractivity (Wildman–Crippen MR) is 73.5 cm³/mol. The van der Waals surface area contributed by atoms with Gasteiger partial charge in [-0.05, 0) is 42.6 Å². The van der Waals surface area contributed by atoms with Crippen LogP contribution in [0.3, 0.4) is 0 Å². The Hall–Kier alpha value is -1.00. The minimum atomic E-state index is -0.560. The van der Waals surface area contributed by atoms with Gasteiger partial charge in [-0.3, -0.25) is 0 Å². The van der Waals surface area contributed by atoms with Crippen molar-refractivity contribution >= 4 is 0 Å². The summed E-state index contributed by atoms with van der Waals surface area (Å²) in [6.07, 6.45) is 6.84. The van der Waals surface area contributed by atoms with Gasteiger partial charge in [-0.15, -0.1) is 0 Å². The lowest BCUT2D eigenvalue weighted by atomic mass is 9.66. The first-order chi connectivity index (χ1) is 7.72. The number of hydrogen-bond donors (Lipinski definition) is 1. The van der Waals surface area contributed by atoms with E-state index in [-0.39, 0.29) is 5.41 Å². The van der Waals surface area contributed by atoms with Crippen molar-refractivity contribution in [3.05, 3.63) is 24.3 Å². The fourth-order valence-corrected chi connectivity index (χ4v) is 2.73. The number of aliphatic hydroxyl groups excluding tert-OH is 1. The number of allylic oxidation sites excluding steroid dienone is 3. The van der Waals surface area contributed by atoms with Crippen LogP contribution in [-0.2, 0) is 0 Å². The summed E-state index contributed by atoms with van der Waals surface area (Å²) in [6, 6.07) is 0. The molecular weight excluding hydrogens is 208 g/mol. The Bertz CT molecular complexity index is 378. The van der Waals surface area contributed by atoms with Gasteiger partial charge in [0.25, 0.3) is 0 Å². The van der Waals surface area contributed by atoms with Crippen molar-refractivity contribution in [3.8, 4) is 11.8 Å². The third-order valence-corrected chi connectivity index (χ3v) is 3.18.